The summed E-state index contributed by atoms with van der Waals surface area (Å²) in [6.45, 7) is 4.24. The number of aromatic nitrogens is 2. The predicted octanol–water partition coefficient (Wildman–Crippen LogP) is 3.58. The van der Waals surface area contributed by atoms with Crippen molar-refractivity contribution in [3.63, 3.8) is 0 Å². The Morgan fingerprint density at radius 2 is 1.78 bits per heavy atom. The van der Waals surface area contributed by atoms with Crippen LogP contribution in [0.25, 0.3) is 16.5 Å². The van der Waals surface area contributed by atoms with Gasteiger partial charge in [0.15, 0.2) is 0 Å². The van der Waals surface area contributed by atoms with Gasteiger partial charge in [0.1, 0.15) is 0 Å². The third-order valence-electron chi connectivity index (χ3n) is 3.51. The Morgan fingerprint density at radius 3 is 2.44 bits per heavy atom. The van der Waals surface area contributed by atoms with Gasteiger partial charge in [0, 0.05) is 42.5 Å². The first-order valence-corrected chi connectivity index (χ1v) is 6.04. The molecule has 0 N–H and O–H groups in total. The van der Waals surface area contributed by atoms with Crippen molar-refractivity contribution >= 4 is 16.5 Å². The van der Waals surface area contributed by atoms with E-state index in [4.69, 9.17) is 0 Å². The van der Waals surface area contributed by atoms with E-state index >= 15 is 0 Å². The minimum Gasteiger partial charge on any atom is -0.351 e. The number of para-hydroxylation sites is 1. The van der Waals surface area contributed by atoms with Crippen molar-refractivity contribution in [2.75, 3.05) is 0 Å². The molecule has 0 radical (unpaired) electrons. The number of nitrogens with zero attached hydrogens (tertiary/aromatic N) is 2. The Morgan fingerprint density at radius 1 is 1.00 bits per heavy atom. The van der Waals surface area contributed by atoms with Crippen LogP contribution in [0.2, 0.25) is 0 Å². The van der Waals surface area contributed by atoms with Crippen LogP contribution in [0, 0.1) is 0 Å². The van der Waals surface area contributed by atoms with Crippen LogP contribution in [0.1, 0.15) is 11.4 Å². The second-order valence-electron chi connectivity index (χ2n) is 4.63. The molecule has 0 spiro atoms. The second-order valence-corrected chi connectivity index (χ2v) is 4.63. The van der Waals surface area contributed by atoms with Gasteiger partial charge < -0.3 is 9.13 Å². The molecule has 0 saturated heterocycles. The van der Waals surface area contributed by atoms with Gasteiger partial charge in [-0.3, -0.25) is 0 Å². The van der Waals surface area contributed by atoms with Gasteiger partial charge >= 0.3 is 0 Å². The van der Waals surface area contributed by atoms with Crippen molar-refractivity contribution in [1.29, 1.82) is 0 Å². The van der Waals surface area contributed by atoms with E-state index in [9.17, 15) is 0 Å². The lowest BCUT2D eigenvalue weighted by molar-refractivity contribution is 0.896. The minimum atomic E-state index is 1.06. The largest absolute Gasteiger partial charge is 0.351 e. The quantitative estimate of drug-likeness (QED) is 0.643. The molecule has 0 atom stereocenters. The molecule has 0 unspecified atom stereocenters. The van der Waals surface area contributed by atoms with E-state index in [-0.39, 0.29) is 0 Å². The molecule has 0 aliphatic heterocycles. The fourth-order valence-corrected chi connectivity index (χ4v) is 2.48. The van der Waals surface area contributed by atoms with E-state index in [0.717, 1.165) is 17.0 Å². The lowest BCUT2D eigenvalue weighted by atomic mass is 10.1. The van der Waals surface area contributed by atoms with Gasteiger partial charge in [0.05, 0.1) is 5.69 Å². The second kappa shape index (κ2) is 3.91. The SMILES string of the molecule is C=C(c1cccn1C)c1cc2ccccc2n1C. The van der Waals surface area contributed by atoms with Crippen LogP contribution >= 0.6 is 0 Å². The van der Waals surface area contributed by atoms with Crippen molar-refractivity contribution in [3.05, 3.63) is 66.6 Å². The average molecular weight is 236 g/mol. The molecule has 2 heteroatoms. The maximum atomic E-state index is 4.24. The van der Waals surface area contributed by atoms with E-state index < -0.39 is 0 Å². The van der Waals surface area contributed by atoms with Crippen LogP contribution in [-0.4, -0.2) is 9.13 Å². The minimum absolute atomic E-state index is 1.06. The molecule has 3 aromatic rings. The van der Waals surface area contributed by atoms with Crippen LogP contribution < -0.4 is 0 Å². The zero-order valence-electron chi connectivity index (χ0n) is 10.7. The third-order valence-corrected chi connectivity index (χ3v) is 3.51. The molecular weight excluding hydrogens is 220 g/mol. The standard InChI is InChI=1S/C16H16N2/c1-12(14-9-6-10-17(14)2)16-11-13-7-4-5-8-15(13)18(16)3/h4-11H,1H2,2-3H3. The molecule has 1 aromatic carbocycles. The topological polar surface area (TPSA) is 9.86 Å². The molecule has 2 heterocycles. The summed E-state index contributed by atoms with van der Waals surface area (Å²) >= 11 is 0. The number of hydrogen-bond acceptors (Lipinski definition) is 0. The van der Waals surface area contributed by atoms with E-state index in [2.05, 4.69) is 59.2 Å². The van der Waals surface area contributed by atoms with Gasteiger partial charge in [-0.25, -0.2) is 0 Å². The summed E-state index contributed by atoms with van der Waals surface area (Å²) in [6.07, 6.45) is 2.04. The Hall–Kier alpha value is -2.22. The van der Waals surface area contributed by atoms with E-state index in [1.54, 1.807) is 0 Å². The number of benzene rings is 1. The normalized spacial score (nSPS) is 11.0. The molecule has 18 heavy (non-hydrogen) atoms. The first-order valence-electron chi connectivity index (χ1n) is 6.04. The zero-order valence-corrected chi connectivity index (χ0v) is 10.7. The summed E-state index contributed by atoms with van der Waals surface area (Å²) in [5, 5.41) is 1.25. The molecule has 0 aliphatic rings. The molecular formula is C16H16N2. The Bertz CT molecular complexity index is 728. The Labute approximate surface area is 107 Å². The summed E-state index contributed by atoms with van der Waals surface area (Å²) < 4.78 is 4.30. The van der Waals surface area contributed by atoms with Crippen molar-refractivity contribution in [2.45, 2.75) is 0 Å². The van der Waals surface area contributed by atoms with Crippen molar-refractivity contribution in [2.24, 2.45) is 14.1 Å². The van der Waals surface area contributed by atoms with Crippen LogP contribution in [-0.2, 0) is 14.1 Å². The molecule has 2 nitrogen and oxygen atoms in total. The van der Waals surface area contributed by atoms with E-state index in [1.807, 2.05) is 19.3 Å². The van der Waals surface area contributed by atoms with Crippen LogP contribution in [0.3, 0.4) is 0 Å². The predicted molar refractivity (Wildman–Crippen MR) is 76.5 cm³/mol. The highest BCUT2D eigenvalue weighted by molar-refractivity contribution is 5.88. The van der Waals surface area contributed by atoms with Crippen molar-refractivity contribution < 1.29 is 0 Å². The fraction of sp³-hybridized carbons (Fsp3) is 0.125. The smallest absolute Gasteiger partial charge is 0.0503 e. The maximum Gasteiger partial charge on any atom is 0.0503 e. The van der Waals surface area contributed by atoms with E-state index in [0.29, 0.717) is 0 Å². The monoisotopic (exact) mass is 236 g/mol. The maximum absolute atomic E-state index is 4.24. The van der Waals surface area contributed by atoms with Crippen LogP contribution in [0.15, 0.2) is 55.2 Å². The van der Waals surface area contributed by atoms with Crippen molar-refractivity contribution in [1.82, 2.24) is 9.13 Å². The van der Waals surface area contributed by atoms with Gasteiger partial charge in [-0.2, -0.15) is 0 Å². The molecule has 0 fully saturated rings. The first-order chi connectivity index (χ1) is 8.68. The number of rotatable bonds is 2. The van der Waals surface area contributed by atoms with Crippen molar-refractivity contribution in [3.8, 4) is 0 Å². The first kappa shape index (κ1) is 10.9. The van der Waals surface area contributed by atoms with Gasteiger partial charge in [-0.1, -0.05) is 24.8 Å². The molecule has 0 amide bonds. The highest BCUT2D eigenvalue weighted by Gasteiger charge is 2.11. The highest BCUT2D eigenvalue weighted by atomic mass is 15.0. The summed E-state index contributed by atoms with van der Waals surface area (Å²) in [6, 6.07) is 14.7. The highest BCUT2D eigenvalue weighted by Crippen LogP contribution is 2.27. The zero-order chi connectivity index (χ0) is 12.7. The Kier molecular flexibility index (Phi) is 2.37. The summed E-state index contributed by atoms with van der Waals surface area (Å²) in [4.78, 5) is 0. The molecule has 2 aromatic heterocycles. The van der Waals surface area contributed by atoms with Crippen LogP contribution in [0.5, 0.6) is 0 Å². The summed E-state index contributed by atoms with van der Waals surface area (Å²) in [5.41, 5.74) is 4.61. The number of aryl methyl sites for hydroxylation is 2. The van der Waals surface area contributed by atoms with E-state index in [1.165, 1.54) is 10.9 Å². The van der Waals surface area contributed by atoms with Crippen LogP contribution in [0.4, 0.5) is 0 Å². The number of hydrogen-bond donors (Lipinski definition) is 0. The lowest BCUT2D eigenvalue weighted by Crippen LogP contribution is -1.99. The molecule has 0 saturated carbocycles. The summed E-state index contributed by atoms with van der Waals surface area (Å²) in [5.74, 6) is 0. The number of fused-ring (bicyclic) bond motifs is 1. The summed E-state index contributed by atoms with van der Waals surface area (Å²) in [7, 11) is 4.13. The Balaban J connectivity index is 2.18. The van der Waals surface area contributed by atoms with Gasteiger partial charge in [-0.15, -0.1) is 0 Å². The average Bonchev–Trinajstić information content (AvgIpc) is 2.94. The lowest BCUT2D eigenvalue weighted by Gasteiger charge is -2.09. The molecule has 0 bridgehead atoms. The molecule has 0 aliphatic carbocycles. The third kappa shape index (κ3) is 1.50. The molecule has 3 rings (SSSR count). The fourth-order valence-electron chi connectivity index (χ4n) is 2.48. The van der Waals surface area contributed by atoms with Gasteiger partial charge in [-0.05, 0) is 24.3 Å². The van der Waals surface area contributed by atoms with Gasteiger partial charge in [0.25, 0.3) is 0 Å². The van der Waals surface area contributed by atoms with Gasteiger partial charge in [0.2, 0.25) is 0 Å². The molecule has 90 valence electrons.